The van der Waals surface area contributed by atoms with Crippen molar-refractivity contribution in [1.29, 1.82) is 5.26 Å². The third kappa shape index (κ3) is 4.55. The number of carbonyl (C=O) groups is 1. The van der Waals surface area contributed by atoms with E-state index in [9.17, 15) is 13.2 Å². The van der Waals surface area contributed by atoms with Gasteiger partial charge in [0.2, 0.25) is 22.7 Å². The van der Waals surface area contributed by atoms with E-state index >= 15 is 0 Å². The number of rotatable bonds is 6. The molecule has 1 aliphatic rings. The zero-order valence-electron chi connectivity index (χ0n) is 14.5. The number of sulfonamides is 1. The van der Waals surface area contributed by atoms with Gasteiger partial charge >= 0.3 is 0 Å². The Bertz CT molecular complexity index is 997. The minimum Gasteiger partial charge on any atom is -0.454 e. The maximum atomic E-state index is 12.4. The second-order valence-corrected chi connectivity index (χ2v) is 8.01. The second kappa shape index (κ2) is 7.65. The van der Waals surface area contributed by atoms with Gasteiger partial charge in [0.05, 0.1) is 23.9 Å². The number of nitriles is 1. The average Bonchev–Trinajstić information content (AvgIpc) is 3.09. The average molecular weight is 387 g/mol. The third-order valence-corrected chi connectivity index (χ3v) is 5.71. The quantitative estimate of drug-likeness (QED) is 0.808. The van der Waals surface area contributed by atoms with Crippen LogP contribution in [0.4, 0.5) is 5.69 Å². The number of ether oxygens (including phenoxy) is 2. The van der Waals surface area contributed by atoms with Gasteiger partial charge in [0.15, 0.2) is 11.5 Å². The summed E-state index contributed by atoms with van der Waals surface area (Å²) in [6.07, 6.45) is 0. The van der Waals surface area contributed by atoms with E-state index in [1.54, 1.807) is 42.5 Å². The summed E-state index contributed by atoms with van der Waals surface area (Å²) in [6.45, 7) is -0.198. The molecular formula is C18H17N3O5S. The van der Waals surface area contributed by atoms with Crippen LogP contribution in [0, 0.1) is 11.3 Å². The molecule has 9 heteroatoms. The van der Waals surface area contributed by atoms with E-state index in [1.807, 2.05) is 6.07 Å². The molecule has 2 aromatic carbocycles. The molecule has 0 atom stereocenters. The van der Waals surface area contributed by atoms with Gasteiger partial charge in [-0.3, -0.25) is 4.79 Å². The fourth-order valence-corrected chi connectivity index (χ4v) is 3.62. The van der Waals surface area contributed by atoms with Crippen molar-refractivity contribution in [3.8, 4) is 17.6 Å². The molecule has 0 fully saturated rings. The Morgan fingerprint density at radius 1 is 1.19 bits per heavy atom. The van der Waals surface area contributed by atoms with E-state index < -0.39 is 15.9 Å². The van der Waals surface area contributed by atoms with Crippen LogP contribution in [0.1, 0.15) is 11.1 Å². The van der Waals surface area contributed by atoms with Crippen LogP contribution in [0.2, 0.25) is 0 Å². The molecule has 0 aromatic heterocycles. The van der Waals surface area contributed by atoms with Crippen molar-refractivity contribution in [1.82, 2.24) is 4.31 Å². The number of carbonyl (C=O) groups excluding carboxylic acids is 1. The van der Waals surface area contributed by atoms with Crippen LogP contribution in [-0.2, 0) is 20.6 Å². The van der Waals surface area contributed by atoms with Gasteiger partial charge in [0.1, 0.15) is 0 Å². The van der Waals surface area contributed by atoms with Crippen LogP contribution < -0.4 is 14.8 Å². The highest BCUT2D eigenvalue weighted by atomic mass is 32.2. The monoisotopic (exact) mass is 387 g/mol. The Balaban J connectivity index is 1.60. The predicted molar refractivity (Wildman–Crippen MR) is 97.6 cm³/mol. The lowest BCUT2D eigenvalue weighted by Gasteiger charge is -2.17. The van der Waals surface area contributed by atoms with E-state index in [1.165, 1.54) is 7.05 Å². The lowest BCUT2D eigenvalue weighted by Crippen LogP contribution is -2.35. The van der Waals surface area contributed by atoms with Gasteiger partial charge in [0, 0.05) is 18.8 Å². The Morgan fingerprint density at radius 3 is 2.59 bits per heavy atom. The van der Waals surface area contributed by atoms with Crippen molar-refractivity contribution in [2.24, 2.45) is 0 Å². The van der Waals surface area contributed by atoms with Crippen molar-refractivity contribution in [3.63, 3.8) is 0 Å². The first-order valence-corrected chi connectivity index (χ1v) is 9.61. The number of nitrogens with zero attached hydrogens (tertiary/aromatic N) is 2. The van der Waals surface area contributed by atoms with Crippen molar-refractivity contribution < 1.29 is 22.7 Å². The summed E-state index contributed by atoms with van der Waals surface area (Å²) in [6, 6.07) is 13.2. The molecule has 0 aliphatic carbocycles. The molecule has 8 nitrogen and oxygen atoms in total. The fourth-order valence-electron chi connectivity index (χ4n) is 2.47. The SMILES string of the molecule is CN(CC(=O)Nc1ccc2c(c1)OCO2)S(=O)(=O)Cc1ccc(C#N)cc1. The van der Waals surface area contributed by atoms with Crippen LogP contribution >= 0.6 is 0 Å². The van der Waals surface area contributed by atoms with Crippen LogP contribution in [0.5, 0.6) is 11.5 Å². The van der Waals surface area contributed by atoms with Gasteiger partial charge in [-0.2, -0.15) is 9.57 Å². The Morgan fingerprint density at radius 2 is 1.89 bits per heavy atom. The van der Waals surface area contributed by atoms with Crippen LogP contribution in [0.25, 0.3) is 0 Å². The smallest absolute Gasteiger partial charge is 0.239 e. The lowest BCUT2D eigenvalue weighted by molar-refractivity contribution is -0.116. The maximum Gasteiger partial charge on any atom is 0.239 e. The minimum absolute atomic E-state index is 0.128. The molecule has 0 spiro atoms. The van der Waals surface area contributed by atoms with Crippen LogP contribution in [0.3, 0.4) is 0 Å². The largest absolute Gasteiger partial charge is 0.454 e. The van der Waals surface area contributed by atoms with Crippen molar-refractivity contribution >= 4 is 21.6 Å². The summed E-state index contributed by atoms with van der Waals surface area (Å²) in [7, 11) is -2.34. The van der Waals surface area contributed by atoms with E-state index in [0.29, 0.717) is 28.3 Å². The molecule has 1 heterocycles. The van der Waals surface area contributed by atoms with Gasteiger partial charge in [-0.05, 0) is 29.8 Å². The number of nitrogens with one attached hydrogen (secondary N) is 1. The summed E-state index contributed by atoms with van der Waals surface area (Å²) < 4.78 is 36.3. The van der Waals surface area contributed by atoms with E-state index in [0.717, 1.165) is 4.31 Å². The number of anilines is 1. The molecule has 3 rings (SSSR count). The third-order valence-electron chi connectivity index (χ3n) is 3.93. The summed E-state index contributed by atoms with van der Waals surface area (Å²) >= 11 is 0. The molecule has 27 heavy (non-hydrogen) atoms. The lowest BCUT2D eigenvalue weighted by atomic mass is 10.2. The van der Waals surface area contributed by atoms with E-state index in [-0.39, 0.29) is 19.1 Å². The van der Waals surface area contributed by atoms with Gasteiger partial charge in [-0.1, -0.05) is 12.1 Å². The zero-order valence-corrected chi connectivity index (χ0v) is 15.3. The zero-order chi connectivity index (χ0) is 19.4. The first-order valence-electron chi connectivity index (χ1n) is 8.00. The minimum atomic E-state index is -3.68. The first-order chi connectivity index (χ1) is 12.9. The molecule has 140 valence electrons. The van der Waals surface area contributed by atoms with Gasteiger partial charge in [0.25, 0.3) is 0 Å². The van der Waals surface area contributed by atoms with Gasteiger partial charge in [-0.15, -0.1) is 0 Å². The molecule has 1 N–H and O–H groups in total. The molecule has 0 saturated heterocycles. The van der Waals surface area contributed by atoms with Crippen LogP contribution in [0.15, 0.2) is 42.5 Å². The molecule has 0 saturated carbocycles. The maximum absolute atomic E-state index is 12.4. The van der Waals surface area contributed by atoms with Crippen molar-refractivity contribution in [2.75, 3.05) is 25.7 Å². The standard InChI is InChI=1S/C18H17N3O5S/c1-21(27(23,24)11-14-4-2-13(9-19)3-5-14)10-18(22)20-15-6-7-16-17(8-15)26-12-25-16/h2-8H,10-12H2,1H3,(H,20,22). The molecule has 1 amide bonds. The van der Waals surface area contributed by atoms with E-state index in [2.05, 4.69) is 5.32 Å². The second-order valence-electron chi connectivity index (χ2n) is 5.94. The van der Waals surface area contributed by atoms with Crippen LogP contribution in [-0.4, -0.2) is 39.0 Å². The van der Waals surface area contributed by atoms with Gasteiger partial charge < -0.3 is 14.8 Å². The Labute approximate surface area is 157 Å². The molecule has 1 aliphatic heterocycles. The summed E-state index contributed by atoms with van der Waals surface area (Å²) in [5.74, 6) is 0.386. The fraction of sp³-hybridized carbons (Fsp3) is 0.222. The molecule has 0 radical (unpaired) electrons. The number of hydrogen-bond donors (Lipinski definition) is 1. The topological polar surface area (TPSA) is 109 Å². The number of amides is 1. The summed E-state index contributed by atoms with van der Waals surface area (Å²) in [4.78, 5) is 12.2. The number of fused-ring (bicyclic) bond motifs is 1. The van der Waals surface area contributed by atoms with Crippen molar-refractivity contribution in [2.45, 2.75) is 5.75 Å². The van der Waals surface area contributed by atoms with Gasteiger partial charge in [-0.25, -0.2) is 8.42 Å². The Kier molecular flexibility index (Phi) is 5.30. The highest BCUT2D eigenvalue weighted by molar-refractivity contribution is 7.88. The molecule has 0 bridgehead atoms. The highest BCUT2D eigenvalue weighted by Crippen LogP contribution is 2.34. The van der Waals surface area contributed by atoms with E-state index in [4.69, 9.17) is 14.7 Å². The number of likely N-dealkylation sites (N-methyl/N-ethyl adjacent to an activating group) is 1. The molecule has 0 unspecified atom stereocenters. The summed E-state index contributed by atoms with van der Waals surface area (Å²) in [5, 5.41) is 11.4. The van der Waals surface area contributed by atoms with Crippen molar-refractivity contribution in [3.05, 3.63) is 53.6 Å². The number of hydrogen-bond acceptors (Lipinski definition) is 6. The first kappa shape index (κ1) is 18.7. The number of benzene rings is 2. The predicted octanol–water partition coefficient (Wildman–Crippen LogP) is 1.69. The highest BCUT2D eigenvalue weighted by Gasteiger charge is 2.22. The molecular weight excluding hydrogens is 370 g/mol. The molecule has 2 aromatic rings. The summed E-state index contributed by atoms with van der Waals surface area (Å²) in [5.41, 5.74) is 1.48. The Hall–Kier alpha value is -3.09. The normalized spacial score (nSPS) is 12.6.